The first kappa shape index (κ1) is 19.3. The zero-order chi connectivity index (χ0) is 18.1. The third kappa shape index (κ3) is 6.39. The molecule has 0 saturated carbocycles. The van der Waals surface area contributed by atoms with Crippen LogP contribution in [0.1, 0.15) is 36.5 Å². The lowest BCUT2D eigenvalue weighted by Crippen LogP contribution is -2.29. The van der Waals surface area contributed by atoms with Gasteiger partial charge < -0.3 is 15.4 Å². The lowest BCUT2D eigenvalue weighted by Gasteiger charge is -2.14. The van der Waals surface area contributed by atoms with E-state index in [2.05, 4.69) is 61.7 Å². The van der Waals surface area contributed by atoms with Crippen molar-refractivity contribution in [3.63, 3.8) is 0 Å². The number of benzene rings is 2. The van der Waals surface area contributed by atoms with E-state index < -0.39 is 0 Å². The molecule has 0 aliphatic heterocycles. The van der Waals surface area contributed by atoms with Crippen LogP contribution in [0.15, 0.2) is 42.5 Å². The minimum Gasteiger partial charge on any atom is -0.493 e. The maximum absolute atomic E-state index is 5.81. The monoisotopic (exact) mass is 356 g/mol. The van der Waals surface area contributed by atoms with E-state index in [1.54, 1.807) is 0 Å². The van der Waals surface area contributed by atoms with Crippen molar-refractivity contribution < 1.29 is 4.74 Å². The Labute approximate surface area is 156 Å². The number of hydrogen-bond acceptors (Lipinski definition) is 2. The molecule has 2 aromatic carbocycles. The smallest absolute Gasteiger partial charge is 0.170 e. The van der Waals surface area contributed by atoms with Crippen molar-refractivity contribution in [2.75, 3.05) is 18.5 Å². The van der Waals surface area contributed by atoms with Crippen LogP contribution in [0.2, 0.25) is 0 Å². The van der Waals surface area contributed by atoms with Gasteiger partial charge in [0.15, 0.2) is 5.11 Å². The average molecular weight is 357 g/mol. The highest BCUT2D eigenvalue weighted by Gasteiger charge is 2.04. The average Bonchev–Trinajstić information content (AvgIpc) is 2.61. The van der Waals surface area contributed by atoms with Crippen LogP contribution in [0, 0.1) is 13.8 Å². The third-order valence-corrected chi connectivity index (χ3v) is 4.23. The largest absolute Gasteiger partial charge is 0.493 e. The summed E-state index contributed by atoms with van der Waals surface area (Å²) in [6, 6.07) is 14.6. The Bertz CT molecular complexity index is 700. The molecule has 2 aromatic rings. The standard InChI is InChI=1S/C21H28N2OS/c1-4-14-24-20-10-6-5-8-18(20)9-7-13-22-21(25)23-19-15-16(2)11-12-17(19)3/h5-6,8,10-12,15H,4,7,9,13-14H2,1-3H3,(H2,22,23,25). The van der Waals surface area contributed by atoms with Crippen LogP contribution < -0.4 is 15.4 Å². The van der Waals surface area contributed by atoms with Crippen LogP contribution in [-0.4, -0.2) is 18.3 Å². The summed E-state index contributed by atoms with van der Waals surface area (Å²) < 4.78 is 5.81. The van der Waals surface area contributed by atoms with Gasteiger partial charge in [-0.15, -0.1) is 0 Å². The van der Waals surface area contributed by atoms with Crippen molar-refractivity contribution in [2.45, 2.75) is 40.0 Å². The molecule has 2 N–H and O–H groups in total. The van der Waals surface area contributed by atoms with Gasteiger partial charge in [0, 0.05) is 12.2 Å². The molecule has 134 valence electrons. The summed E-state index contributed by atoms with van der Waals surface area (Å²) in [6.45, 7) is 7.88. The fourth-order valence-electron chi connectivity index (χ4n) is 2.58. The number of anilines is 1. The van der Waals surface area contributed by atoms with E-state index in [1.807, 2.05) is 12.1 Å². The van der Waals surface area contributed by atoms with Gasteiger partial charge in [-0.2, -0.15) is 0 Å². The molecule has 0 aliphatic rings. The van der Waals surface area contributed by atoms with Crippen molar-refractivity contribution >= 4 is 23.0 Å². The summed E-state index contributed by atoms with van der Waals surface area (Å²) in [5, 5.41) is 7.25. The Morgan fingerprint density at radius 2 is 1.92 bits per heavy atom. The first-order valence-electron chi connectivity index (χ1n) is 8.93. The van der Waals surface area contributed by atoms with Crippen LogP contribution in [-0.2, 0) is 6.42 Å². The molecule has 0 unspecified atom stereocenters. The molecule has 0 atom stereocenters. The number of aryl methyl sites for hydroxylation is 3. The van der Waals surface area contributed by atoms with E-state index in [1.165, 1.54) is 16.7 Å². The number of para-hydroxylation sites is 1. The van der Waals surface area contributed by atoms with Gasteiger partial charge in [0.25, 0.3) is 0 Å². The normalized spacial score (nSPS) is 10.4. The maximum atomic E-state index is 5.81. The van der Waals surface area contributed by atoms with E-state index in [4.69, 9.17) is 17.0 Å². The Hall–Kier alpha value is -2.07. The Morgan fingerprint density at radius 3 is 2.72 bits per heavy atom. The summed E-state index contributed by atoms with van der Waals surface area (Å²) in [5.41, 5.74) is 4.73. The van der Waals surface area contributed by atoms with Crippen molar-refractivity contribution in [3.05, 3.63) is 59.2 Å². The Morgan fingerprint density at radius 1 is 1.12 bits per heavy atom. The molecule has 0 radical (unpaired) electrons. The Kier molecular flexibility index (Phi) is 7.74. The number of thiocarbonyl (C=S) groups is 1. The fourth-order valence-corrected chi connectivity index (χ4v) is 2.79. The summed E-state index contributed by atoms with van der Waals surface area (Å²) in [4.78, 5) is 0. The SMILES string of the molecule is CCCOc1ccccc1CCCNC(=S)Nc1cc(C)ccc1C. The van der Waals surface area contributed by atoms with Crippen molar-refractivity contribution in [1.82, 2.24) is 5.32 Å². The van der Waals surface area contributed by atoms with Crippen LogP contribution >= 0.6 is 12.2 Å². The van der Waals surface area contributed by atoms with Gasteiger partial charge in [-0.3, -0.25) is 0 Å². The van der Waals surface area contributed by atoms with Gasteiger partial charge in [0.05, 0.1) is 6.61 Å². The zero-order valence-corrected chi connectivity index (χ0v) is 16.2. The third-order valence-electron chi connectivity index (χ3n) is 3.98. The molecule has 0 bridgehead atoms. The molecule has 2 rings (SSSR count). The highest BCUT2D eigenvalue weighted by Crippen LogP contribution is 2.19. The van der Waals surface area contributed by atoms with Crippen molar-refractivity contribution in [2.24, 2.45) is 0 Å². The molecule has 4 heteroatoms. The molecule has 0 amide bonds. The summed E-state index contributed by atoms with van der Waals surface area (Å²) in [5.74, 6) is 1.00. The summed E-state index contributed by atoms with van der Waals surface area (Å²) in [7, 11) is 0. The second-order valence-corrected chi connectivity index (χ2v) is 6.67. The van der Waals surface area contributed by atoms with E-state index >= 15 is 0 Å². The van der Waals surface area contributed by atoms with Crippen LogP contribution in [0.25, 0.3) is 0 Å². The molecule has 25 heavy (non-hydrogen) atoms. The topological polar surface area (TPSA) is 33.3 Å². The fraction of sp³-hybridized carbons (Fsp3) is 0.381. The molecule has 0 fully saturated rings. The van der Waals surface area contributed by atoms with Crippen LogP contribution in [0.3, 0.4) is 0 Å². The lowest BCUT2D eigenvalue weighted by atomic mass is 10.1. The Balaban J connectivity index is 1.77. The quantitative estimate of drug-likeness (QED) is 0.514. The summed E-state index contributed by atoms with van der Waals surface area (Å²) >= 11 is 5.41. The van der Waals surface area contributed by atoms with Gasteiger partial charge in [-0.1, -0.05) is 37.3 Å². The van der Waals surface area contributed by atoms with Crippen molar-refractivity contribution in [3.8, 4) is 5.75 Å². The molecular weight excluding hydrogens is 328 g/mol. The number of hydrogen-bond donors (Lipinski definition) is 2. The minimum absolute atomic E-state index is 0.671. The molecule has 3 nitrogen and oxygen atoms in total. The van der Waals surface area contributed by atoms with Gasteiger partial charge in [0.2, 0.25) is 0 Å². The zero-order valence-electron chi connectivity index (χ0n) is 15.4. The van der Waals surface area contributed by atoms with E-state index in [0.29, 0.717) is 5.11 Å². The maximum Gasteiger partial charge on any atom is 0.170 e. The second-order valence-electron chi connectivity index (χ2n) is 6.26. The van der Waals surface area contributed by atoms with Crippen LogP contribution in [0.4, 0.5) is 5.69 Å². The van der Waals surface area contributed by atoms with E-state index in [0.717, 1.165) is 43.9 Å². The second kappa shape index (κ2) is 10.0. The van der Waals surface area contributed by atoms with Gasteiger partial charge in [-0.25, -0.2) is 0 Å². The molecule has 0 aliphatic carbocycles. The number of ether oxygens (including phenoxy) is 1. The van der Waals surface area contributed by atoms with E-state index in [9.17, 15) is 0 Å². The van der Waals surface area contributed by atoms with E-state index in [-0.39, 0.29) is 0 Å². The first-order valence-corrected chi connectivity index (χ1v) is 9.33. The minimum atomic E-state index is 0.671. The predicted octanol–water partition coefficient (Wildman–Crippen LogP) is 5.01. The first-order chi connectivity index (χ1) is 12.1. The summed E-state index contributed by atoms with van der Waals surface area (Å²) in [6.07, 6.45) is 2.99. The van der Waals surface area contributed by atoms with Crippen molar-refractivity contribution in [1.29, 1.82) is 0 Å². The predicted molar refractivity (Wildman–Crippen MR) is 111 cm³/mol. The molecular formula is C21H28N2OS. The van der Waals surface area contributed by atoms with Crippen LogP contribution in [0.5, 0.6) is 5.75 Å². The lowest BCUT2D eigenvalue weighted by molar-refractivity contribution is 0.314. The molecule has 0 saturated heterocycles. The highest BCUT2D eigenvalue weighted by molar-refractivity contribution is 7.80. The van der Waals surface area contributed by atoms with Gasteiger partial charge in [-0.05, 0) is 74.2 Å². The van der Waals surface area contributed by atoms with Gasteiger partial charge >= 0.3 is 0 Å². The number of rotatable bonds is 8. The molecule has 0 spiro atoms. The highest BCUT2D eigenvalue weighted by atomic mass is 32.1. The number of nitrogens with one attached hydrogen (secondary N) is 2. The van der Waals surface area contributed by atoms with Gasteiger partial charge in [0.1, 0.15) is 5.75 Å². The molecule has 0 heterocycles. The molecule has 0 aromatic heterocycles.